The summed E-state index contributed by atoms with van der Waals surface area (Å²) < 4.78 is 4.89. The molecule has 0 aliphatic carbocycles. The third kappa shape index (κ3) is 5.72. The van der Waals surface area contributed by atoms with E-state index in [1.807, 2.05) is 32.3 Å². The van der Waals surface area contributed by atoms with Crippen LogP contribution in [0.25, 0.3) is 0 Å². The van der Waals surface area contributed by atoms with Crippen LogP contribution in [0.5, 0.6) is 0 Å². The quantitative estimate of drug-likeness (QED) is 0.737. The molecule has 0 saturated carbocycles. The molecular weight excluding hydrogens is 252 g/mol. The van der Waals surface area contributed by atoms with Gasteiger partial charge in [0.25, 0.3) is 0 Å². The van der Waals surface area contributed by atoms with Crippen LogP contribution >= 0.6 is 0 Å². The molecule has 4 heteroatoms. The molecule has 112 valence electrons. The minimum atomic E-state index is -0.254. The number of rotatable bonds is 8. The Hall–Kier alpha value is -1.39. The van der Waals surface area contributed by atoms with E-state index in [9.17, 15) is 4.79 Å². The summed E-state index contributed by atoms with van der Waals surface area (Å²) in [5.74, 6) is 0.124. The van der Waals surface area contributed by atoms with Gasteiger partial charge in [-0.1, -0.05) is 37.3 Å². The third-order valence-corrected chi connectivity index (χ3v) is 3.39. The van der Waals surface area contributed by atoms with Gasteiger partial charge in [-0.3, -0.25) is 4.79 Å². The molecule has 0 saturated heterocycles. The summed E-state index contributed by atoms with van der Waals surface area (Å²) >= 11 is 0. The maximum atomic E-state index is 11.9. The van der Waals surface area contributed by atoms with Gasteiger partial charge in [-0.15, -0.1) is 0 Å². The molecule has 1 rings (SSSR count). The van der Waals surface area contributed by atoms with Gasteiger partial charge in [0, 0.05) is 13.1 Å². The van der Waals surface area contributed by atoms with Crippen LogP contribution in [0.1, 0.15) is 24.8 Å². The van der Waals surface area contributed by atoms with E-state index in [1.165, 1.54) is 12.7 Å². The number of nitrogens with one attached hydrogen (secondary N) is 1. The number of methoxy groups -OCH3 is 1. The van der Waals surface area contributed by atoms with Gasteiger partial charge in [-0.05, 0) is 32.0 Å². The van der Waals surface area contributed by atoms with E-state index >= 15 is 0 Å². The summed E-state index contributed by atoms with van der Waals surface area (Å²) in [7, 11) is 5.47. The van der Waals surface area contributed by atoms with E-state index in [0.717, 1.165) is 19.5 Å². The fourth-order valence-corrected chi connectivity index (χ4v) is 2.14. The lowest BCUT2D eigenvalue weighted by atomic mass is 9.94. The Kier molecular flexibility index (Phi) is 7.26. The average Bonchev–Trinajstić information content (AvgIpc) is 2.45. The second-order valence-electron chi connectivity index (χ2n) is 5.38. The number of benzene rings is 1. The van der Waals surface area contributed by atoms with Gasteiger partial charge in [0.05, 0.1) is 7.11 Å². The summed E-state index contributed by atoms with van der Waals surface area (Å²) in [5.41, 5.74) is 1.25. The number of carbonyl (C=O) groups excluding carboxylic acids is 1. The van der Waals surface area contributed by atoms with Crippen molar-refractivity contribution in [1.29, 1.82) is 0 Å². The van der Waals surface area contributed by atoms with Gasteiger partial charge in [0.1, 0.15) is 6.04 Å². The molecule has 4 nitrogen and oxygen atoms in total. The number of likely N-dealkylation sites (N-methyl/N-ethyl adjacent to an activating group) is 1. The highest BCUT2D eigenvalue weighted by Gasteiger charge is 2.21. The molecule has 1 aromatic carbocycles. The number of esters is 1. The van der Waals surface area contributed by atoms with Gasteiger partial charge < -0.3 is 15.0 Å². The van der Waals surface area contributed by atoms with Crippen LogP contribution in [0, 0.1) is 0 Å². The van der Waals surface area contributed by atoms with Crippen molar-refractivity contribution in [2.75, 3.05) is 34.3 Å². The van der Waals surface area contributed by atoms with Crippen molar-refractivity contribution in [2.45, 2.75) is 25.3 Å². The summed E-state index contributed by atoms with van der Waals surface area (Å²) in [6.45, 7) is 3.81. The lowest BCUT2D eigenvalue weighted by molar-refractivity contribution is -0.143. The molecule has 0 fully saturated rings. The SMILES string of the molecule is COC(=O)C(CC(C)c1ccccc1)NCCN(C)C. The monoisotopic (exact) mass is 278 g/mol. The van der Waals surface area contributed by atoms with Crippen molar-refractivity contribution < 1.29 is 9.53 Å². The van der Waals surface area contributed by atoms with Gasteiger partial charge in [0.15, 0.2) is 0 Å². The minimum absolute atomic E-state index is 0.188. The maximum absolute atomic E-state index is 11.9. The zero-order chi connectivity index (χ0) is 15.0. The smallest absolute Gasteiger partial charge is 0.322 e. The first kappa shape index (κ1) is 16.7. The van der Waals surface area contributed by atoms with Crippen LogP contribution in [0.4, 0.5) is 0 Å². The number of nitrogens with zero attached hydrogens (tertiary/aromatic N) is 1. The molecule has 0 bridgehead atoms. The van der Waals surface area contributed by atoms with Crippen LogP contribution < -0.4 is 5.32 Å². The fourth-order valence-electron chi connectivity index (χ4n) is 2.14. The minimum Gasteiger partial charge on any atom is -0.468 e. The van der Waals surface area contributed by atoms with E-state index in [-0.39, 0.29) is 12.0 Å². The Bertz CT molecular complexity index is 393. The lowest BCUT2D eigenvalue weighted by Crippen LogP contribution is -2.41. The molecule has 20 heavy (non-hydrogen) atoms. The zero-order valence-electron chi connectivity index (χ0n) is 12.9. The van der Waals surface area contributed by atoms with Crippen molar-refractivity contribution in [3.8, 4) is 0 Å². The highest BCUT2D eigenvalue weighted by atomic mass is 16.5. The molecule has 2 atom stereocenters. The highest BCUT2D eigenvalue weighted by molar-refractivity contribution is 5.75. The molecule has 0 amide bonds. The first-order chi connectivity index (χ1) is 9.54. The molecule has 0 radical (unpaired) electrons. The van der Waals surface area contributed by atoms with E-state index in [1.54, 1.807) is 0 Å². The summed E-state index contributed by atoms with van der Waals surface area (Å²) in [6.07, 6.45) is 0.740. The highest BCUT2D eigenvalue weighted by Crippen LogP contribution is 2.20. The number of carbonyl (C=O) groups is 1. The molecule has 0 aliphatic rings. The molecule has 1 aromatic rings. The molecule has 2 unspecified atom stereocenters. The second kappa shape index (κ2) is 8.72. The van der Waals surface area contributed by atoms with Crippen molar-refractivity contribution >= 4 is 5.97 Å². The molecule has 0 aromatic heterocycles. The zero-order valence-corrected chi connectivity index (χ0v) is 12.9. The van der Waals surface area contributed by atoms with E-state index < -0.39 is 0 Å². The van der Waals surface area contributed by atoms with Crippen molar-refractivity contribution in [3.05, 3.63) is 35.9 Å². The summed E-state index contributed by atoms with van der Waals surface area (Å²) in [4.78, 5) is 13.9. The van der Waals surface area contributed by atoms with Gasteiger partial charge in [-0.2, -0.15) is 0 Å². The largest absolute Gasteiger partial charge is 0.468 e. The van der Waals surface area contributed by atoms with Crippen LogP contribution in [0.3, 0.4) is 0 Å². The topological polar surface area (TPSA) is 41.6 Å². The van der Waals surface area contributed by atoms with Gasteiger partial charge >= 0.3 is 5.97 Å². The second-order valence-corrected chi connectivity index (χ2v) is 5.38. The average molecular weight is 278 g/mol. The van der Waals surface area contributed by atoms with Crippen LogP contribution in [0.15, 0.2) is 30.3 Å². The number of hydrogen-bond acceptors (Lipinski definition) is 4. The number of ether oxygens (including phenoxy) is 1. The number of hydrogen-bond donors (Lipinski definition) is 1. The molecule has 0 aliphatic heterocycles. The van der Waals surface area contributed by atoms with Crippen molar-refractivity contribution in [3.63, 3.8) is 0 Å². The Morgan fingerprint density at radius 3 is 2.50 bits per heavy atom. The van der Waals surface area contributed by atoms with Crippen LogP contribution in [-0.4, -0.2) is 51.2 Å². The van der Waals surface area contributed by atoms with Crippen LogP contribution in [-0.2, 0) is 9.53 Å². The van der Waals surface area contributed by atoms with Crippen LogP contribution in [0.2, 0.25) is 0 Å². The van der Waals surface area contributed by atoms with E-state index in [2.05, 4.69) is 29.3 Å². The lowest BCUT2D eigenvalue weighted by Gasteiger charge is -2.21. The third-order valence-electron chi connectivity index (χ3n) is 3.39. The van der Waals surface area contributed by atoms with E-state index in [0.29, 0.717) is 5.92 Å². The summed E-state index contributed by atoms with van der Waals surface area (Å²) in [6, 6.07) is 9.99. The van der Waals surface area contributed by atoms with Gasteiger partial charge in [-0.25, -0.2) is 0 Å². The van der Waals surface area contributed by atoms with E-state index in [4.69, 9.17) is 4.74 Å². The predicted octanol–water partition coefficient (Wildman–Crippen LogP) is 1.87. The Morgan fingerprint density at radius 2 is 1.95 bits per heavy atom. The maximum Gasteiger partial charge on any atom is 0.322 e. The molecule has 1 N–H and O–H groups in total. The molecule has 0 spiro atoms. The Balaban J connectivity index is 2.58. The first-order valence-corrected chi connectivity index (χ1v) is 7.05. The van der Waals surface area contributed by atoms with Crippen molar-refractivity contribution in [1.82, 2.24) is 10.2 Å². The molecular formula is C16H26N2O2. The van der Waals surface area contributed by atoms with Crippen molar-refractivity contribution in [2.24, 2.45) is 0 Å². The summed E-state index contributed by atoms with van der Waals surface area (Å²) in [5, 5.41) is 3.29. The Morgan fingerprint density at radius 1 is 1.30 bits per heavy atom. The predicted molar refractivity (Wildman–Crippen MR) is 81.8 cm³/mol. The molecule has 0 heterocycles. The standard InChI is InChI=1S/C16H26N2O2/c1-13(14-8-6-5-7-9-14)12-15(16(19)20-4)17-10-11-18(2)3/h5-9,13,15,17H,10-12H2,1-4H3. The fraction of sp³-hybridized carbons (Fsp3) is 0.562. The normalized spacial score (nSPS) is 14.1. The van der Waals surface area contributed by atoms with Gasteiger partial charge in [0.2, 0.25) is 0 Å². The first-order valence-electron chi connectivity index (χ1n) is 7.05. The Labute approximate surface area is 122 Å².